The minimum Gasteiger partial charge on any atom is -0.506 e. The van der Waals surface area contributed by atoms with Crippen molar-refractivity contribution in [1.82, 2.24) is 0 Å². The molecule has 0 spiro atoms. The predicted molar refractivity (Wildman–Crippen MR) is 112 cm³/mol. The molecule has 0 aliphatic rings. The Hall–Kier alpha value is -4.86. The molecule has 0 bridgehead atoms. The molecule has 162 valence electrons. The second kappa shape index (κ2) is 8.88. The highest BCUT2D eigenvalue weighted by atomic mass is 16.4. The lowest BCUT2D eigenvalue weighted by atomic mass is 10.1. The number of phenolic OH excluding ortho intramolecular Hbond substituents is 2. The van der Waals surface area contributed by atoms with E-state index in [1.807, 2.05) is 0 Å². The van der Waals surface area contributed by atoms with Crippen LogP contribution in [0.1, 0.15) is 41.4 Å². The average Bonchev–Trinajstić information content (AvgIpc) is 2.76. The standard InChI is InChI=1S/C22H16N2O8/c25-17-7-5-13(21(29)30)9-15(17)23-19(27)11-1-2-12(4-3-11)20(28)24-16-10-14(22(31)32)6-8-18(16)26/h1-10,25-26H,(H,23,27)(H,24,28)(H,29,30)(H,31,32). The number of aromatic carboxylic acids is 2. The van der Waals surface area contributed by atoms with Crippen molar-refractivity contribution in [3.05, 3.63) is 82.9 Å². The van der Waals surface area contributed by atoms with Gasteiger partial charge in [-0.25, -0.2) is 9.59 Å². The van der Waals surface area contributed by atoms with Crippen LogP contribution in [0.15, 0.2) is 60.7 Å². The number of amides is 2. The fourth-order valence-electron chi connectivity index (χ4n) is 2.70. The Morgan fingerprint density at radius 3 is 1.16 bits per heavy atom. The Kier molecular flexibility index (Phi) is 6.06. The highest BCUT2D eigenvalue weighted by Crippen LogP contribution is 2.26. The number of hydrogen-bond acceptors (Lipinski definition) is 6. The number of carboxylic acid groups (broad SMARTS) is 2. The van der Waals surface area contributed by atoms with Crippen molar-refractivity contribution in [1.29, 1.82) is 0 Å². The van der Waals surface area contributed by atoms with E-state index in [-0.39, 0.29) is 45.1 Å². The van der Waals surface area contributed by atoms with Crippen LogP contribution in [0.2, 0.25) is 0 Å². The molecule has 0 atom stereocenters. The van der Waals surface area contributed by atoms with Crippen LogP contribution in [0.25, 0.3) is 0 Å². The highest BCUT2D eigenvalue weighted by Gasteiger charge is 2.15. The monoisotopic (exact) mass is 436 g/mol. The number of hydrogen-bond donors (Lipinski definition) is 6. The highest BCUT2D eigenvalue weighted by molar-refractivity contribution is 6.08. The number of carboxylic acids is 2. The molecule has 32 heavy (non-hydrogen) atoms. The molecule has 10 heteroatoms. The van der Waals surface area contributed by atoms with Gasteiger partial charge in [-0.2, -0.15) is 0 Å². The number of anilines is 2. The second-order valence-electron chi connectivity index (χ2n) is 6.56. The van der Waals surface area contributed by atoms with Crippen LogP contribution in [0.5, 0.6) is 11.5 Å². The van der Waals surface area contributed by atoms with E-state index in [0.29, 0.717) is 0 Å². The molecule has 10 nitrogen and oxygen atoms in total. The van der Waals surface area contributed by atoms with Crippen LogP contribution in [-0.4, -0.2) is 44.2 Å². The fourth-order valence-corrected chi connectivity index (χ4v) is 2.70. The van der Waals surface area contributed by atoms with Gasteiger partial charge in [0.1, 0.15) is 11.5 Å². The maximum absolute atomic E-state index is 12.4. The molecule has 0 heterocycles. The summed E-state index contributed by atoms with van der Waals surface area (Å²) in [6, 6.07) is 12.2. The van der Waals surface area contributed by atoms with Crippen molar-refractivity contribution in [3.63, 3.8) is 0 Å². The Morgan fingerprint density at radius 2 is 0.844 bits per heavy atom. The van der Waals surface area contributed by atoms with Gasteiger partial charge in [-0.15, -0.1) is 0 Å². The van der Waals surface area contributed by atoms with Gasteiger partial charge in [-0.1, -0.05) is 0 Å². The van der Waals surface area contributed by atoms with Crippen LogP contribution in [0.3, 0.4) is 0 Å². The summed E-state index contributed by atoms with van der Waals surface area (Å²) in [7, 11) is 0. The zero-order valence-electron chi connectivity index (χ0n) is 16.2. The molecule has 0 saturated heterocycles. The molecule has 0 aromatic heterocycles. The number of carbonyl (C=O) groups excluding carboxylic acids is 2. The normalized spacial score (nSPS) is 10.2. The van der Waals surface area contributed by atoms with Crippen molar-refractivity contribution < 1.29 is 39.6 Å². The van der Waals surface area contributed by atoms with Crippen molar-refractivity contribution in [2.45, 2.75) is 0 Å². The Labute approximate surface area is 180 Å². The summed E-state index contributed by atoms with van der Waals surface area (Å²) < 4.78 is 0. The van der Waals surface area contributed by atoms with Crippen molar-refractivity contribution >= 4 is 35.1 Å². The van der Waals surface area contributed by atoms with E-state index in [4.69, 9.17) is 10.2 Å². The van der Waals surface area contributed by atoms with E-state index in [0.717, 1.165) is 24.3 Å². The van der Waals surface area contributed by atoms with Gasteiger partial charge in [0.2, 0.25) is 0 Å². The molecule has 0 aliphatic heterocycles. The smallest absolute Gasteiger partial charge is 0.335 e. The van der Waals surface area contributed by atoms with Crippen LogP contribution in [0, 0.1) is 0 Å². The second-order valence-corrected chi connectivity index (χ2v) is 6.56. The number of nitrogens with one attached hydrogen (secondary N) is 2. The zero-order chi connectivity index (χ0) is 23.4. The quantitative estimate of drug-likeness (QED) is 0.320. The number of benzene rings is 3. The minimum atomic E-state index is -1.23. The van der Waals surface area contributed by atoms with Gasteiger partial charge in [0, 0.05) is 11.1 Å². The fraction of sp³-hybridized carbons (Fsp3) is 0. The molecule has 0 saturated carbocycles. The van der Waals surface area contributed by atoms with E-state index in [9.17, 15) is 29.4 Å². The van der Waals surface area contributed by atoms with Crippen molar-refractivity contribution in [3.8, 4) is 11.5 Å². The van der Waals surface area contributed by atoms with Crippen LogP contribution >= 0.6 is 0 Å². The Morgan fingerprint density at radius 1 is 0.531 bits per heavy atom. The molecule has 0 radical (unpaired) electrons. The summed E-state index contributed by atoms with van der Waals surface area (Å²) in [4.78, 5) is 46.9. The van der Waals surface area contributed by atoms with E-state index in [1.165, 1.54) is 36.4 Å². The van der Waals surface area contributed by atoms with Crippen molar-refractivity contribution in [2.75, 3.05) is 10.6 Å². The SMILES string of the molecule is O=C(O)c1ccc(O)c(NC(=O)c2ccc(C(=O)Nc3cc(C(=O)O)ccc3O)cc2)c1. The first-order valence-corrected chi connectivity index (χ1v) is 9.01. The summed E-state index contributed by atoms with van der Waals surface area (Å²) in [5.74, 6) is -4.39. The lowest BCUT2D eigenvalue weighted by molar-refractivity contribution is 0.0686. The van der Waals surface area contributed by atoms with Crippen LogP contribution in [-0.2, 0) is 0 Å². The summed E-state index contributed by atoms with van der Waals surface area (Å²) in [6.07, 6.45) is 0. The molecule has 0 fully saturated rings. The number of phenols is 2. The number of carbonyl (C=O) groups is 4. The molecular formula is C22H16N2O8. The molecule has 3 aromatic rings. The summed E-state index contributed by atoms with van der Waals surface area (Å²) in [5, 5.41) is 42.5. The van der Waals surface area contributed by atoms with Gasteiger partial charge >= 0.3 is 11.9 Å². The van der Waals surface area contributed by atoms with Crippen LogP contribution in [0.4, 0.5) is 11.4 Å². The lowest BCUT2D eigenvalue weighted by Crippen LogP contribution is -2.15. The van der Waals surface area contributed by atoms with E-state index in [2.05, 4.69) is 10.6 Å². The predicted octanol–water partition coefficient (Wildman–Crippen LogP) is 3.00. The third-order valence-corrected chi connectivity index (χ3v) is 4.39. The molecule has 3 rings (SSSR count). The van der Waals surface area contributed by atoms with Crippen molar-refractivity contribution in [2.24, 2.45) is 0 Å². The molecule has 0 aliphatic carbocycles. The average molecular weight is 436 g/mol. The van der Waals surface area contributed by atoms with Gasteiger partial charge in [0.25, 0.3) is 11.8 Å². The van der Waals surface area contributed by atoms with Gasteiger partial charge in [-0.05, 0) is 60.7 Å². The molecule has 3 aromatic carbocycles. The van der Waals surface area contributed by atoms with E-state index < -0.39 is 23.8 Å². The summed E-state index contributed by atoms with van der Waals surface area (Å²) >= 11 is 0. The van der Waals surface area contributed by atoms with Crippen LogP contribution < -0.4 is 10.6 Å². The zero-order valence-corrected chi connectivity index (χ0v) is 16.2. The maximum Gasteiger partial charge on any atom is 0.335 e. The number of rotatable bonds is 6. The summed E-state index contributed by atoms with van der Waals surface area (Å²) in [6.45, 7) is 0. The van der Waals surface area contributed by atoms with Gasteiger partial charge in [-0.3, -0.25) is 9.59 Å². The van der Waals surface area contributed by atoms with Gasteiger partial charge < -0.3 is 31.1 Å². The van der Waals surface area contributed by atoms with Gasteiger partial charge in [0.15, 0.2) is 0 Å². The topological polar surface area (TPSA) is 173 Å². The first kappa shape index (κ1) is 21.8. The summed E-state index contributed by atoms with van der Waals surface area (Å²) in [5.41, 5.74) is -0.188. The first-order chi connectivity index (χ1) is 15.2. The molecular weight excluding hydrogens is 420 g/mol. The molecule has 2 amide bonds. The van der Waals surface area contributed by atoms with E-state index in [1.54, 1.807) is 0 Å². The first-order valence-electron chi connectivity index (χ1n) is 9.01. The van der Waals surface area contributed by atoms with Gasteiger partial charge in [0.05, 0.1) is 22.5 Å². The largest absolute Gasteiger partial charge is 0.506 e. The third-order valence-electron chi connectivity index (χ3n) is 4.39. The maximum atomic E-state index is 12.4. The van der Waals surface area contributed by atoms with E-state index >= 15 is 0 Å². The Bertz CT molecular complexity index is 1140. The number of aromatic hydroxyl groups is 2. The molecule has 6 N–H and O–H groups in total. The minimum absolute atomic E-state index is 0.0921. The Balaban J connectivity index is 1.74. The lowest BCUT2D eigenvalue weighted by Gasteiger charge is -2.10. The third kappa shape index (κ3) is 4.82. The molecule has 0 unspecified atom stereocenters.